The summed E-state index contributed by atoms with van der Waals surface area (Å²) in [6.45, 7) is 5.44. The van der Waals surface area contributed by atoms with Crippen LogP contribution in [0.2, 0.25) is 0 Å². The van der Waals surface area contributed by atoms with Crippen molar-refractivity contribution in [2.24, 2.45) is 17.8 Å². The first-order valence-electron chi connectivity index (χ1n) is 7.83. The Morgan fingerprint density at radius 2 is 1.95 bits per heavy atom. The summed E-state index contributed by atoms with van der Waals surface area (Å²) in [4.78, 5) is 17.0. The summed E-state index contributed by atoms with van der Waals surface area (Å²) >= 11 is 0. The quantitative estimate of drug-likeness (QED) is 0.847. The number of hydrogen-bond acceptors (Lipinski definition) is 3. The zero-order valence-corrected chi connectivity index (χ0v) is 11.8. The number of furan rings is 1. The van der Waals surface area contributed by atoms with Gasteiger partial charge in [-0.2, -0.15) is 0 Å². The van der Waals surface area contributed by atoms with Crippen molar-refractivity contribution in [1.29, 1.82) is 0 Å². The molecule has 1 saturated carbocycles. The predicted molar refractivity (Wildman–Crippen MR) is 75.4 cm³/mol. The van der Waals surface area contributed by atoms with Gasteiger partial charge in [-0.3, -0.25) is 4.79 Å². The zero-order chi connectivity index (χ0) is 13.5. The van der Waals surface area contributed by atoms with Crippen LogP contribution in [0, 0.1) is 17.8 Å². The van der Waals surface area contributed by atoms with Gasteiger partial charge in [-0.25, -0.2) is 0 Å². The van der Waals surface area contributed by atoms with Gasteiger partial charge in [-0.05, 0) is 49.1 Å². The van der Waals surface area contributed by atoms with Gasteiger partial charge < -0.3 is 14.2 Å². The molecule has 3 aliphatic rings. The molecule has 2 atom stereocenters. The van der Waals surface area contributed by atoms with Crippen molar-refractivity contribution in [2.45, 2.75) is 19.3 Å². The lowest BCUT2D eigenvalue weighted by Gasteiger charge is -2.45. The van der Waals surface area contributed by atoms with Crippen LogP contribution in [0.3, 0.4) is 0 Å². The molecule has 2 aliphatic heterocycles. The van der Waals surface area contributed by atoms with E-state index in [1.54, 1.807) is 18.4 Å². The average Bonchev–Trinajstić information content (AvgIpc) is 3.06. The molecule has 0 spiro atoms. The molecule has 2 saturated heterocycles. The summed E-state index contributed by atoms with van der Waals surface area (Å²) < 4.78 is 5.25. The second-order valence-electron chi connectivity index (χ2n) is 6.82. The Hall–Kier alpha value is -1.29. The highest BCUT2D eigenvalue weighted by molar-refractivity contribution is 5.91. The van der Waals surface area contributed by atoms with E-state index in [0.29, 0.717) is 17.6 Å². The topological polar surface area (TPSA) is 36.7 Å². The SMILES string of the molecule is O=C(c1ccco1)N1CC2CC(CN(CC3CC3)C2)C1. The van der Waals surface area contributed by atoms with Crippen molar-refractivity contribution < 1.29 is 9.21 Å². The number of likely N-dealkylation sites (tertiary alicyclic amines) is 2. The highest BCUT2D eigenvalue weighted by Crippen LogP contribution is 2.34. The first kappa shape index (κ1) is 12.5. The van der Waals surface area contributed by atoms with Crippen molar-refractivity contribution in [3.8, 4) is 0 Å². The molecule has 1 amide bonds. The number of piperidine rings is 2. The molecule has 0 aromatic carbocycles. The second-order valence-corrected chi connectivity index (χ2v) is 6.82. The van der Waals surface area contributed by atoms with Crippen LogP contribution < -0.4 is 0 Å². The van der Waals surface area contributed by atoms with E-state index in [0.717, 1.165) is 19.0 Å². The Labute approximate surface area is 119 Å². The van der Waals surface area contributed by atoms with Crippen LogP contribution in [0.5, 0.6) is 0 Å². The normalized spacial score (nSPS) is 30.5. The molecule has 4 heteroatoms. The van der Waals surface area contributed by atoms with Crippen molar-refractivity contribution in [1.82, 2.24) is 9.80 Å². The highest BCUT2D eigenvalue weighted by atomic mass is 16.3. The van der Waals surface area contributed by atoms with Crippen molar-refractivity contribution in [2.75, 3.05) is 32.7 Å². The van der Waals surface area contributed by atoms with Gasteiger partial charge in [0.05, 0.1) is 6.26 Å². The van der Waals surface area contributed by atoms with E-state index < -0.39 is 0 Å². The zero-order valence-electron chi connectivity index (χ0n) is 11.8. The summed E-state index contributed by atoms with van der Waals surface area (Å²) in [5, 5.41) is 0. The van der Waals surface area contributed by atoms with Gasteiger partial charge in [0.1, 0.15) is 0 Å². The third kappa shape index (κ3) is 2.49. The molecule has 108 valence electrons. The lowest BCUT2D eigenvalue weighted by atomic mass is 9.84. The van der Waals surface area contributed by atoms with Crippen molar-refractivity contribution >= 4 is 5.91 Å². The van der Waals surface area contributed by atoms with Gasteiger partial charge in [-0.15, -0.1) is 0 Å². The van der Waals surface area contributed by atoms with Crippen LogP contribution in [0.15, 0.2) is 22.8 Å². The average molecular weight is 274 g/mol. The fourth-order valence-corrected chi connectivity index (χ4v) is 3.92. The van der Waals surface area contributed by atoms with Gasteiger partial charge in [0.15, 0.2) is 5.76 Å². The third-order valence-corrected chi connectivity index (χ3v) is 4.89. The van der Waals surface area contributed by atoms with E-state index in [4.69, 9.17) is 4.42 Å². The van der Waals surface area contributed by atoms with Gasteiger partial charge in [0.2, 0.25) is 0 Å². The van der Waals surface area contributed by atoms with Crippen LogP contribution in [0.25, 0.3) is 0 Å². The number of carbonyl (C=O) groups excluding carboxylic acids is 1. The lowest BCUT2D eigenvalue weighted by Crippen LogP contribution is -2.54. The van der Waals surface area contributed by atoms with Crippen LogP contribution in [-0.2, 0) is 0 Å². The Morgan fingerprint density at radius 1 is 1.20 bits per heavy atom. The van der Waals surface area contributed by atoms with E-state index in [2.05, 4.69) is 4.90 Å². The molecule has 1 aromatic heterocycles. The smallest absolute Gasteiger partial charge is 0.289 e. The lowest BCUT2D eigenvalue weighted by molar-refractivity contribution is 0.0231. The minimum Gasteiger partial charge on any atom is -0.459 e. The number of hydrogen-bond donors (Lipinski definition) is 0. The van der Waals surface area contributed by atoms with Gasteiger partial charge in [0.25, 0.3) is 5.91 Å². The summed E-state index contributed by atoms with van der Waals surface area (Å²) in [5.74, 6) is 2.83. The molecule has 0 N–H and O–H groups in total. The largest absolute Gasteiger partial charge is 0.459 e. The van der Waals surface area contributed by atoms with E-state index >= 15 is 0 Å². The summed E-state index contributed by atoms with van der Waals surface area (Å²) in [5.41, 5.74) is 0. The van der Waals surface area contributed by atoms with Crippen molar-refractivity contribution in [3.05, 3.63) is 24.2 Å². The van der Waals surface area contributed by atoms with E-state index in [9.17, 15) is 4.79 Å². The van der Waals surface area contributed by atoms with Gasteiger partial charge in [0, 0.05) is 32.7 Å². The van der Waals surface area contributed by atoms with Gasteiger partial charge >= 0.3 is 0 Å². The molecule has 1 aromatic rings. The maximum Gasteiger partial charge on any atom is 0.289 e. The Morgan fingerprint density at radius 3 is 2.55 bits per heavy atom. The predicted octanol–water partition coefficient (Wildman–Crippen LogP) is 2.08. The molecule has 20 heavy (non-hydrogen) atoms. The molecular weight excluding hydrogens is 252 g/mol. The Kier molecular flexibility index (Phi) is 3.06. The molecule has 2 unspecified atom stereocenters. The fourth-order valence-electron chi connectivity index (χ4n) is 3.92. The summed E-state index contributed by atoms with van der Waals surface area (Å²) in [6, 6.07) is 3.56. The second kappa shape index (κ2) is 4.92. The van der Waals surface area contributed by atoms with Crippen LogP contribution in [-0.4, -0.2) is 48.4 Å². The molecule has 4 nitrogen and oxygen atoms in total. The first-order valence-corrected chi connectivity index (χ1v) is 7.83. The number of rotatable bonds is 3. The standard InChI is InChI=1S/C16H22N2O2/c19-16(15-2-1-5-20-15)18-10-13-6-14(11-18)9-17(8-13)7-12-3-4-12/h1-2,5,12-14H,3-4,6-11H2. The molecule has 1 aliphatic carbocycles. The summed E-state index contributed by atoms with van der Waals surface area (Å²) in [7, 11) is 0. The van der Waals surface area contributed by atoms with Crippen LogP contribution in [0.1, 0.15) is 29.8 Å². The molecule has 3 fully saturated rings. The molecular formula is C16H22N2O2. The maximum atomic E-state index is 12.4. The highest BCUT2D eigenvalue weighted by Gasteiger charge is 2.38. The number of fused-ring (bicyclic) bond motifs is 2. The molecule has 2 bridgehead atoms. The number of amides is 1. The minimum atomic E-state index is 0.0698. The van der Waals surface area contributed by atoms with Gasteiger partial charge in [-0.1, -0.05) is 0 Å². The maximum absolute atomic E-state index is 12.4. The van der Waals surface area contributed by atoms with E-state index in [1.807, 2.05) is 4.90 Å². The fraction of sp³-hybridized carbons (Fsp3) is 0.688. The number of nitrogens with zero attached hydrogens (tertiary/aromatic N) is 2. The molecule has 3 heterocycles. The van der Waals surface area contributed by atoms with Crippen molar-refractivity contribution in [3.63, 3.8) is 0 Å². The Bertz CT molecular complexity index is 467. The van der Waals surface area contributed by atoms with E-state index in [-0.39, 0.29) is 5.91 Å². The molecule has 4 rings (SSSR count). The van der Waals surface area contributed by atoms with Crippen LogP contribution >= 0.6 is 0 Å². The molecule has 0 radical (unpaired) electrons. The minimum absolute atomic E-state index is 0.0698. The first-order chi connectivity index (χ1) is 9.78. The summed E-state index contributed by atoms with van der Waals surface area (Å²) in [6.07, 6.45) is 5.72. The van der Waals surface area contributed by atoms with Crippen LogP contribution in [0.4, 0.5) is 0 Å². The number of carbonyl (C=O) groups is 1. The third-order valence-electron chi connectivity index (χ3n) is 4.89. The van der Waals surface area contributed by atoms with E-state index in [1.165, 1.54) is 38.9 Å². The Balaban J connectivity index is 1.40. The monoisotopic (exact) mass is 274 g/mol.